The van der Waals surface area contributed by atoms with E-state index in [1.165, 1.54) is 0 Å². The molecule has 1 saturated heterocycles. The Hall–Kier alpha value is -1.85. The fraction of sp³-hybridized carbons (Fsp3) is 0.353. The molecule has 1 aromatic carbocycles. The lowest BCUT2D eigenvalue weighted by Gasteiger charge is -2.32. The Morgan fingerprint density at radius 3 is 2.23 bits per heavy atom. The number of hydrogen-bond donors (Lipinski definition) is 1. The van der Waals surface area contributed by atoms with Gasteiger partial charge in [-0.2, -0.15) is 0 Å². The molecule has 0 aliphatic carbocycles. The van der Waals surface area contributed by atoms with E-state index in [4.69, 9.17) is 9.31 Å². The van der Waals surface area contributed by atoms with E-state index in [2.05, 4.69) is 10.3 Å². The lowest BCUT2D eigenvalue weighted by atomic mass is 9.79. The third-order valence-electron chi connectivity index (χ3n) is 4.41. The van der Waals surface area contributed by atoms with Gasteiger partial charge in [0.05, 0.1) is 11.2 Å². The number of aromatic nitrogens is 1. The second kappa shape index (κ2) is 5.41. The molecule has 5 heteroatoms. The van der Waals surface area contributed by atoms with Crippen LogP contribution in [0.3, 0.4) is 0 Å². The second-order valence-corrected chi connectivity index (χ2v) is 6.54. The minimum absolute atomic E-state index is 0.364. The molecule has 4 nitrogen and oxygen atoms in total. The van der Waals surface area contributed by atoms with Crippen LogP contribution >= 0.6 is 0 Å². The largest absolute Gasteiger partial charge is 0.498 e. The van der Waals surface area contributed by atoms with E-state index in [0.717, 1.165) is 16.8 Å². The summed E-state index contributed by atoms with van der Waals surface area (Å²) in [6.07, 6.45) is 3.56. The van der Waals surface area contributed by atoms with Gasteiger partial charge in [-0.05, 0) is 45.9 Å². The van der Waals surface area contributed by atoms with Crippen molar-refractivity contribution in [2.75, 3.05) is 5.32 Å². The van der Waals surface area contributed by atoms with Crippen molar-refractivity contribution in [2.24, 2.45) is 0 Å². The molecule has 114 valence electrons. The Morgan fingerprint density at radius 1 is 0.955 bits per heavy atom. The van der Waals surface area contributed by atoms with Gasteiger partial charge in [-0.1, -0.05) is 18.2 Å². The highest BCUT2D eigenvalue weighted by atomic mass is 16.7. The maximum absolute atomic E-state index is 6.13. The number of para-hydroxylation sites is 1. The standard InChI is InChI=1S/C17H21BN2O2/c1-16(2)17(3,4)22-18(21-16)14-12-19-11-10-15(14)20-13-8-6-5-7-9-13/h5-12H,1-4H3,(H,19,20). The van der Waals surface area contributed by atoms with Crippen molar-refractivity contribution < 1.29 is 9.31 Å². The minimum atomic E-state index is -0.426. The van der Waals surface area contributed by atoms with Crippen molar-refractivity contribution >= 4 is 24.0 Å². The summed E-state index contributed by atoms with van der Waals surface area (Å²) in [6.45, 7) is 8.20. The van der Waals surface area contributed by atoms with Crippen LogP contribution in [0.4, 0.5) is 11.4 Å². The maximum atomic E-state index is 6.13. The van der Waals surface area contributed by atoms with Gasteiger partial charge in [-0.3, -0.25) is 4.98 Å². The number of pyridine rings is 1. The topological polar surface area (TPSA) is 43.4 Å². The molecule has 0 saturated carbocycles. The van der Waals surface area contributed by atoms with Crippen molar-refractivity contribution in [3.05, 3.63) is 48.8 Å². The highest BCUT2D eigenvalue weighted by Crippen LogP contribution is 2.37. The third-order valence-corrected chi connectivity index (χ3v) is 4.41. The van der Waals surface area contributed by atoms with Crippen LogP contribution in [0, 0.1) is 0 Å². The van der Waals surface area contributed by atoms with Gasteiger partial charge in [0.2, 0.25) is 0 Å². The average molecular weight is 296 g/mol. The Labute approximate surface area is 132 Å². The van der Waals surface area contributed by atoms with Crippen molar-refractivity contribution in [3.63, 3.8) is 0 Å². The van der Waals surface area contributed by atoms with E-state index < -0.39 is 7.12 Å². The molecule has 0 unspecified atom stereocenters. The molecule has 0 bridgehead atoms. The van der Waals surface area contributed by atoms with E-state index in [-0.39, 0.29) is 11.2 Å². The number of anilines is 2. The summed E-state index contributed by atoms with van der Waals surface area (Å²) >= 11 is 0. The first-order valence-electron chi connectivity index (χ1n) is 7.51. The molecule has 22 heavy (non-hydrogen) atoms. The fourth-order valence-corrected chi connectivity index (χ4v) is 2.36. The van der Waals surface area contributed by atoms with E-state index >= 15 is 0 Å². The van der Waals surface area contributed by atoms with Gasteiger partial charge >= 0.3 is 7.12 Å². The summed E-state index contributed by atoms with van der Waals surface area (Å²) in [5, 5.41) is 3.40. The van der Waals surface area contributed by atoms with Crippen LogP contribution in [-0.2, 0) is 9.31 Å². The summed E-state index contributed by atoms with van der Waals surface area (Å²) < 4.78 is 12.3. The van der Waals surface area contributed by atoms with Gasteiger partial charge in [0, 0.05) is 29.2 Å². The Kier molecular flexibility index (Phi) is 3.71. The zero-order chi connectivity index (χ0) is 15.8. The number of benzene rings is 1. The molecule has 0 spiro atoms. The number of rotatable bonds is 3. The molecule has 1 N–H and O–H groups in total. The van der Waals surface area contributed by atoms with E-state index in [1.807, 2.05) is 64.1 Å². The number of nitrogens with one attached hydrogen (secondary N) is 1. The van der Waals surface area contributed by atoms with E-state index in [9.17, 15) is 0 Å². The van der Waals surface area contributed by atoms with Crippen LogP contribution in [0.15, 0.2) is 48.8 Å². The summed E-state index contributed by atoms with van der Waals surface area (Å²) in [5.41, 5.74) is 2.14. The first-order chi connectivity index (χ1) is 10.4. The molecular weight excluding hydrogens is 275 g/mol. The molecule has 2 heterocycles. The van der Waals surface area contributed by atoms with Gasteiger partial charge in [0.1, 0.15) is 0 Å². The molecular formula is C17H21BN2O2. The summed E-state index contributed by atoms with van der Waals surface area (Å²) in [5.74, 6) is 0. The summed E-state index contributed by atoms with van der Waals surface area (Å²) in [7, 11) is -0.426. The van der Waals surface area contributed by atoms with Gasteiger partial charge in [-0.15, -0.1) is 0 Å². The first kappa shape index (κ1) is 15.1. The van der Waals surface area contributed by atoms with Crippen molar-refractivity contribution in [1.82, 2.24) is 4.98 Å². The van der Waals surface area contributed by atoms with Crippen LogP contribution in [0.2, 0.25) is 0 Å². The molecule has 1 aliphatic heterocycles. The zero-order valence-electron chi connectivity index (χ0n) is 13.5. The molecule has 0 atom stereocenters. The highest BCUT2D eigenvalue weighted by molar-refractivity contribution is 6.63. The third kappa shape index (κ3) is 2.74. The lowest BCUT2D eigenvalue weighted by Crippen LogP contribution is -2.41. The molecule has 2 aromatic rings. The molecule has 0 amide bonds. The zero-order valence-corrected chi connectivity index (χ0v) is 13.5. The van der Waals surface area contributed by atoms with Gasteiger partial charge in [0.25, 0.3) is 0 Å². The minimum Gasteiger partial charge on any atom is -0.399 e. The molecule has 1 fully saturated rings. The SMILES string of the molecule is CC1(C)OB(c2cnccc2Nc2ccccc2)OC1(C)C. The Morgan fingerprint density at radius 2 is 1.59 bits per heavy atom. The second-order valence-electron chi connectivity index (χ2n) is 6.54. The predicted octanol–water partition coefficient (Wildman–Crippen LogP) is 3.12. The van der Waals surface area contributed by atoms with Crippen LogP contribution in [0.1, 0.15) is 27.7 Å². The van der Waals surface area contributed by atoms with Gasteiger partial charge in [-0.25, -0.2) is 0 Å². The number of nitrogens with zero attached hydrogens (tertiary/aromatic N) is 1. The van der Waals surface area contributed by atoms with Crippen molar-refractivity contribution in [1.29, 1.82) is 0 Å². The van der Waals surface area contributed by atoms with Gasteiger partial charge in [0.15, 0.2) is 0 Å². The molecule has 0 radical (unpaired) electrons. The van der Waals surface area contributed by atoms with Crippen molar-refractivity contribution in [2.45, 2.75) is 38.9 Å². The van der Waals surface area contributed by atoms with E-state index in [0.29, 0.717) is 0 Å². The Balaban J connectivity index is 1.90. The first-order valence-corrected chi connectivity index (χ1v) is 7.51. The predicted molar refractivity (Wildman–Crippen MR) is 89.7 cm³/mol. The average Bonchev–Trinajstić information content (AvgIpc) is 2.69. The highest BCUT2D eigenvalue weighted by Gasteiger charge is 2.52. The normalized spacial score (nSPS) is 19.2. The molecule has 1 aliphatic rings. The van der Waals surface area contributed by atoms with Crippen LogP contribution in [0.25, 0.3) is 0 Å². The maximum Gasteiger partial charge on any atom is 0.498 e. The summed E-state index contributed by atoms with van der Waals surface area (Å²) in [6, 6.07) is 12.0. The lowest BCUT2D eigenvalue weighted by molar-refractivity contribution is 0.00578. The number of hydrogen-bond acceptors (Lipinski definition) is 4. The van der Waals surface area contributed by atoms with Crippen molar-refractivity contribution in [3.8, 4) is 0 Å². The van der Waals surface area contributed by atoms with Crippen LogP contribution in [0.5, 0.6) is 0 Å². The van der Waals surface area contributed by atoms with Crippen LogP contribution in [-0.4, -0.2) is 23.3 Å². The van der Waals surface area contributed by atoms with Gasteiger partial charge < -0.3 is 14.6 Å². The van der Waals surface area contributed by atoms with E-state index in [1.54, 1.807) is 12.4 Å². The quantitative estimate of drug-likeness (QED) is 0.884. The monoisotopic (exact) mass is 296 g/mol. The van der Waals surface area contributed by atoms with Crippen LogP contribution < -0.4 is 10.8 Å². The Bertz CT molecular complexity index is 643. The molecule has 1 aromatic heterocycles. The summed E-state index contributed by atoms with van der Waals surface area (Å²) in [4.78, 5) is 4.23. The fourth-order valence-electron chi connectivity index (χ4n) is 2.36. The molecule has 3 rings (SSSR count). The smallest absolute Gasteiger partial charge is 0.399 e.